The summed E-state index contributed by atoms with van der Waals surface area (Å²) in [6.45, 7) is 2.18. The second kappa shape index (κ2) is 5.71. The maximum absolute atomic E-state index is 11.6. The van der Waals surface area contributed by atoms with E-state index in [9.17, 15) is 13.5 Å². The Morgan fingerprint density at radius 3 is 2.50 bits per heavy atom. The minimum absolute atomic E-state index is 0.0152. The van der Waals surface area contributed by atoms with Gasteiger partial charge in [0, 0.05) is 0 Å². The first-order chi connectivity index (χ1) is 9.36. The highest BCUT2D eigenvalue weighted by Crippen LogP contribution is 2.35. The number of hydrogen-bond donors (Lipinski definition) is 3. The number of aliphatic hydroxyl groups excluding tert-OH is 1. The number of rotatable bonds is 4. The topological polar surface area (TPSA) is 92.4 Å². The number of anilines is 1. The molecule has 20 heavy (non-hydrogen) atoms. The Kier molecular flexibility index (Phi) is 4.36. The van der Waals surface area contributed by atoms with Gasteiger partial charge >= 0.3 is 0 Å². The number of sulfonamides is 1. The number of hydrogen-bond acceptors (Lipinski definition) is 4. The number of primary sulfonamides is 1. The summed E-state index contributed by atoms with van der Waals surface area (Å²) in [7, 11) is -3.77. The van der Waals surface area contributed by atoms with Crippen molar-refractivity contribution in [1.82, 2.24) is 0 Å². The third kappa shape index (κ3) is 3.31. The molecular weight excluding hydrogens is 276 g/mol. The first kappa shape index (κ1) is 15.3. The highest BCUT2D eigenvalue weighted by Gasteiger charge is 2.34. The van der Waals surface area contributed by atoms with Crippen molar-refractivity contribution in [2.24, 2.45) is 11.1 Å². The molecule has 1 aliphatic carbocycles. The van der Waals surface area contributed by atoms with E-state index in [1.54, 1.807) is 18.2 Å². The number of para-hydroxylation sites is 1. The zero-order chi connectivity index (χ0) is 14.8. The quantitative estimate of drug-likeness (QED) is 0.788. The van der Waals surface area contributed by atoms with Crippen molar-refractivity contribution in [3.8, 4) is 0 Å². The van der Waals surface area contributed by atoms with Crippen LogP contribution < -0.4 is 10.5 Å². The molecule has 0 atom stereocenters. The van der Waals surface area contributed by atoms with E-state index < -0.39 is 15.6 Å². The van der Waals surface area contributed by atoms with Gasteiger partial charge in [-0.3, -0.25) is 0 Å². The SMILES string of the molecule is CC1CCC(CO)(Nc2ccccc2S(N)(=O)=O)CC1. The summed E-state index contributed by atoms with van der Waals surface area (Å²) in [5.74, 6) is 0.643. The molecule has 112 valence electrons. The van der Waals surface area contributed by atoms with E-state index in [2.05, 4.69) is 12.2 Å². The van der Waals surface area contributed by atoms with Crippen molar-refractivity contribution in [3.63, 3.8) is 0 Å². The van der Waals surface area contributed by atoms with Gasteiger partial charge in [-0.15, -0.1) is 0 Å². The molecule has 1 fully saturated rings. The molecule has 6 heteroatoms. The Morgan fingerprint density at radius 1 is 1.35 bits per heavy atom. The number of benzene rings is 1. The van der Waals surface area contributed by atoms with Crippen molar-refractivity contribution < 1.29 is 13.5 Å². The molecule has 0 aliphatic heterocycles. The van der Waals surface area contributed by atoms with Crippen LogP contribution in [-0.4, -0.2) is 25.7 Å². The minimum Gasteiger partial charge on any atom is -0.394 e. The van der Waals surface area contributed by atoms with Crippen LogP contribution >= 0.6 is 0 Å². The molecule has 5 nitrogen and oxygen atoms in total. The lowest BCUT2D eigenvalue weighted by Crippen LogP contribution is -2.45. The van der Waals surface area contributed by atoms with E-state index in [0.29, 0.717) is 11.6 Å². The van der Waals surface area contributed by atoms with Gasteiger partial charge in [0.1, 0.15) is 4.90 Å². The Balaban J connectivity index is 2.29. The average molecular weight is 298 g/mol. The predicted molar refractivity (Wildman–Crippen MR) is 78.9 cm³/mol. The van der Waals surface area contributed by atoms with E-state index in [0.717, 1.165) is 25.7 Å². The minimum atomic E-state index is -3.77. The Morgan fingerprint density at radius 2 is 1.95 bits per heavy atom. The Hall–Kier alpha value is -1.11. The predicted octanol–water partition coefficient (Wildman–Crippen LogP) is 1.69. The normalized spacial score (nSPS) is 27.2. The lowest BCUT2D eigenvalue weighted by Gasteiger charge is -2.39. The second-order valence-electron chi connectivity index (χ2n) is 5.79. The molecule has 1 aromatic carbocycles. The van der Waals surface area contributed by atoms with E-state index >= 15 is 0 Å². The first-order valence-corrected chi connectivity index (χ1v) is 8.42. The summed E-state index contributed by atoms with van der Waals surface area (Å²) in [6, 6.07) is 6.57. The fraction of sp³-hybridized carbons (Fsp3) is 0.571. The van der Waals surface area contributed by atoms with E-state index in [1.807, 2.05) is 0 Å². The van der Waals surface area contributed by atoms with Gasteiger partial charge in [-0.05, 0) is 43.7 Å². The molecule has 1 aromatic rings. The molecule has 0 bridgehead atoms. The third-order valence-corrected chi connectivity index (χ3v) is 5.10. The van der Waals surface area contributed by atoms with Gasteiger partial charge < -0.3 is 10.4 Å². The van der Waals surface area contributed by atoms with Crippen molar-refractivity contribution in [2.45, 2.75) is 43.0 Å². The van der Waals surface area contributed by atoms with Gasteiger partial charge in [-0.1, -0.05) is 19.1 Å². The Labute approximate surface area is 120 Å². The summed E-state index contributed by atoms with van der Waals surface area (Å²) in [6.07, 6.45) is 3.68. The molecule has 1 saturated carbocycles. The molecule has 0 heterocycles. The number of aliphatic hydroxyl groups is 1. The van der Waals surface area contributed by atoms with E-state index in [-0.39, 0.29) is 11.5 Å². The molecule has 4 N–H and O–H groups in total. The van der Waals surface area contributed by atoms with Gasteiger partial charge in [0.2, 0.25) is 10.0 Å². The molecule has 1 aliphatic rings. The summed E-state index contributed by atoms with van der Waals surface area (Å²) >= 11 is 0. The van der Waals surface area contributed by atoms with E-state index in [4.69, 9.17) is 5.14 Å². The van der Waals surface area contributed by atoms with Crippen LogP contribution in [-0.2, 0) is 10.0 Å². The van der Waals surface area contributed by atoms with Crippen molar-refractivity contribution in [1.29, 1.82) is 0 Å². The molecule has 0 unspecified atom stereocenters. The van der Waals surface area contributed by atoms with Crippen LogP contribution in [0, 0.1) is 5.92 Å². The number of nitrogens with two attached hydrogens (primary N) is 1. The van der Waals surface area contributed by atoms with Crippen LogP contribution in [0.3, 0.4) is 0 Å². The summed E-state index contributed by atoms with van der Waals surface area (Å²) in [5, 5.41) is 18.2. The van der Waals surface area contributed by atoms with E-state index in [1.165, 1.54) is 6.07 Å². The van der Waals surface area contributed by atoms with Gasteiger partial charge in [0.05, 0.1) is 17.8 Å². The molecule has 0 amide bonds. The van der Waals surface area contributed by atoms with Crippen LogP contribution in [0.1, 0.15) is 32.6 Å². The summed E-state index contributed by atoms with van der Waals surface area (Å²) < 4.78 is 23.2. The Bertz CT molecular complexity index is 564. The summed E-state index contributed by atoms with van der Waals surface area (Å²) in [4.78, 5) is 0.0754. The molecule has 0 spiro atoms. The fourth-order valence-corrected chi connectivity index (χ4v) is 3.43. The molecular formula is C14H22N2O3S. The standard InChI is InChI=1S/C14H22N2O3S/c1-11-6-8-14(10-17,9-7-11)16-12-4-2-3-5-13(12)20(15,18)19/h2-5,11,16-17H,6-10H2,1H3,(H2,15,18,19). The van der Waals surface area contributed by atoms with Crippen LogP contribution in [0.15, 0.2) is 29.2 Å². The van der Waals surface area contributed by atoms with Crippen LogP contribution in [0.5, 0.6) is 0 Å². The summed E-state index contributed by atoms with van der Waals surface area (Å²) in [5.41, 5.74) is 0.0198. The van der Waals surface area contributed by atoms with Gasteiger partial charge in [0.15, 0.2) is 0 Å². The van der Waals surface area contributed by atoms with Crippen LogP contribution in [0.25, 0.3) is 0 Å². The average Bonchev–Trinajstić information content (AvgIpc) is 2.41. The highest BCUT2D eigenvalue weighted by atomic mass is 32.2. The van der Waals surface area contributed by atoms with Crippen LogP contribution in [0.2, 0.25) is 0 Å². The van der Waals surface area contributed by atoms with Crippen molar-refractivity contribution >= 4 is 15.7 Å². The van der Waals surface area contributed by atoms with Gasteiger partial charge in [0.25, 0.3) is 0 Å². The maximum atomic E-state index is 11.6. The smallest absolute Gasteiger partial charge is 0.240 e. The van der Waals surface area contributed by atoms with Crippen LogP contribution in [0.4, 0.5) is 5.69 Å². The molecule has 2 rings (SSSR count). The lowest BCUT2D eigenvalue weighted by atomic mass is 9.77. The second-order valence-corrected chi connectivity index (χ2v) is 7.32. The molecule has 0 radical (unpaired) electrons. The third-order valence-electron chi connectivity index (χ3n) is 4.13. The highest BCUT2D eigenvalue weighted by molar-refractivity contribution is 7.89. The first-order valence-electron chi connectivity index (χ1n) is 6.87. The monoisotopic (exact) mass is 298 g/mol. The molecule has 0 saturated heterocycles. The number of nitrogens with one attached hydrogen (secondary N) is 1. The zero-order valence-corrected chi connectivity index (χ0v) is 12.5. The lowest BCUT2D eigenvalue weighted by molar-refractivity contribution is 0.155. The molecule has 0 aromatic heterocycles. The fourth-order valence-electron chi connectivity index (χ4n) is 2.74. The van der Waals surface area contributed by atoms with Crippen molar-refractivity contribution in [3.05, 3.63) is 24.3 Å². The van der Waals surface area contributed by atoms with Crippen molar-refractivity contribution in [2.75, 3.05) is 11.9 Å². The maximum Gasteiger partial charge on any atom is 0.240 e. The zero-order valence-electron chi connectivity index (χ0n) is 11.7. The van der Waals surface area contributed by atoms with Gasteiger partial charge in [-0.2, -0.15) is 0 Å². The van der Waals surface area contributed by atoms with Gasteiger partial charge in [-0.25, -0.2) is 13.6 Å². The largest absolute Gasteiger partial charge is 0.394 e.